The standard InChI is InChI=1S/C15H13FO3/c1-8(17)11-7-14-12(6-13(11)15(18)19-14)9-2-4-10(16)5-3-9/h2-6,11,13-14H,7H2,1H3/t11-,13-,14-/m0/s1. The van der Waals surface area contributed by atoms with Crippen LogP contribution in [-0.2, 0) is 14.3 Å². The van der Waals surface area contributed by atoms with Gasteiger partial charge in [-0.25, -0.2) is 4.39 Å². The van der Waals surface area contributed by atoms with E-state index in [4.69, 9.17) is 4.74 Å². The third kappa shape index (κ3) is 1.97. The molecule has 19 heavy (non-hydrogen) atoms. The Bertz CT molecular complexity index is 574. The summed E-state index contributed by atoms with van der Waals surface area (Å²) in [7, 11) is 0. The average Bonchev–Trinajstić information content (AvgIpc) is 2.39. The SMILES string of the molecule is CC(=O)[C@@H]1C[C@@H]2OC(=O)[C@H]1C=C2c1ccc(F)cc1. The molecule has 0 unspecified atom stereocenters. The number of benzene rings is 1. The Morgan fingerprint density at radius 3 is 2.58 bits per heavy atom. The first-order valence-corrected chi connectivity index (χ1v) is 6.25. The van der Waals surface area contributed by atoms with Gasteiger partial charge in [0.25, 0.3) is 0 Å². The summed E-state index contributed by atoms with van der Waals surface area (Å²) in [6.07, 6.45) is 1.94. The lowest BCUT2D eigenvalue weighted by Gasteiger charge is -2.39. The number of Topliss-reactive ketones (excluding diaryl/α,β-unsaturated/α-hetero) is 1. The highest BCUT2D eigenvalue weighted by Gasteiger charge is 2.45. The highest BCUT2D eigenvalue weighted by atomic mass is 19.1. The number of hydrogen-bond acceptors (Lipinski definition) is 3. The van der Waals surface area contributed by atoms with E-state index in [0.29, 0.717) is 6.42 Å². The molecule has 0 aromatic heterocycles. The number of fused-ring (bicyclic) bond motifs is 2. The van der Waals surface area contributed by atoms with Crippen molar-refractivity contribution in [2.24, 2.45) is 11.8 Å². The molecule has 0 radical (unpaired) electrons. The van der Waals surface area contributed by atoms with Gasteiger partial charge in [-0.1, -0.05) is 18.2 Å². The molecule has 0 saturated carbocycles. The van der Waals surface area contributed by atoms with Gasteiger partial charge in [0.05, 0.1) is 5.92 Å². The van der Waals surface area contributed by atoms with Gasteiger partial charge in [0.1, 0.15) is 17.7 Å². The van der Waals surface area contributed by atoms with Crippen molar-refractivity contribution in [2.45, 2.75) is 19.4 Å². The van der Waals surface area contributed by atoms with Gasteiger partial charge in [0, 0.05) is 5.92 Å². The van der Waals surface area contributed by atoms with E-state index in [0.717, 1.165) is 11.1 Å². The summed E-state index contributed by atoms with van der Waals surface area (Å²) < 4.78 is 18.2. The molecule has 3 atom stereocenters. The van der Waals surface area contributed by atoms with Crippen molar-refractivity contribution in [1.82, 2.24) is 0 Å². The average molecular weight is 260 g/mol. The Morgan fingerprint density at radius 2 is 2.00 bits per heavy atom. The van der Waals surface area contributed by atoms with Crippen molar-refractivity contribution in [2.75, 3.05) is 0 Å². The molecule has 0 spiro atoms. The summed E-state index contributed by atoms with van der Waals surface area (Å²) in [5.41, 5.74) is 1.72. The molecule has 1 saturated heterocycles. The van der Waals surface area contributed by atoms with Crippen LogP contribution in [0.1, 0.15) is 18.9 Å². The molecular formula is C15H13FO3. The first-order valence-electron chi connectivity index (χ1n) is 6.25. The Labute approximate surface area is 110 Å². The molecule has 98 valence electrons. The van der Waals surface area contributed by atoms with Crippen molar-refractivity contribution >= 4 is 17.3 Å². The molecule has 4 heteroatoms. The maximum atomic E-state index is 12.9. The van der Waals surface area contributed by atoms with Gasteiger partial charge in [-0.3, -0.25) is 9.59 Å². The van der Waals surface area contributed by atoms with Crippen LogP contribution in [0.25, 0.3) is 5.57 Å². The molecule has 1 aromatic carbocycles. The Balaban J connectivity index is 1.99. The highest BCUT2D eigenvalue weighted by Crippen LogP contribution is 2.41. The zero-order valence-electron chi connectivity index (χ0n) is 10.4. The molecule has 3 nitrogen and oxygen atoms in total. The van der Waals surface area contributed by atoms with E-state index < -0.39 is 12.0 Å². The Morgan fingerprint density at radius 1 is 1.32 bits per heavy atom. The first kappa shape index (κ1) is 12.1. The minimum atomic E-state index is -0.498. The lowest BCUT2D eigenvalue weighted by Crippen LogP contribution is -2.44. The molecule has 1 aliphatic carbocycles. The van der Waals surface area contributed by atoms with Crippen LogP contribution in [0.5, 0.6) is 0 Å². The Hall–Kier alpha value is -1.97. The van der Waals surface area contributed by atoms with E-state index >= 15 is 0 Å². The zero-order chi connectivity index (χ0) is 13.6. The molecule has 0 N–H and O–H groups in total. The smallest absolute Gasteiger partial charge is 0.314 e. The van der Waals surface area contributed by atoms with Crippen LogP contribution in [0.4, 0.5) is 4.39 Å². The number of ether oxygens (including phenoxy) is 1. The summed E-state index contributed by atoms with van der Waals surface area (Å²) in [6.45, 7) is 1.50. The van der Waals surface area contributed by atoms with Crippen LogP contribution in [0.3, 0.4) is 0 Å². The van der Waals surface area contributed by atoms with Crippen molar-refractivity contribution in [3.8, 4) is 0 Å². The van der Waals surface area contributed by atoms with Crippen molar-refractivity contribution in [1.29, 1.82) is 0 Å². The molecule has 0 amide bonds. The fourth-order valence-electron chi connectivity index (χ4n) is 2.83. The van der Waals surface area contributed by atoms with Gasteiger partial charge < -0.3 is 4.74 Å². The maximum absolute atomic E-state index is 12.9. The van der Waals surface area contributed by atoms with Crippen molar-refractivity contribution < 1.29 is 18.7 Å². The lowest BCUT2D eigenvalue weighted by molar-refractivity contribution is -0.162. The van der Waals surface area contributed by atoms with Crippen LogP contribution in [0, 0.1) is 17.7 Å². The molecule has 2 bridgehead atoms. The number of ketones is 1. The molecule has 3 aliphatic rings. The summed E-state index contributed by atoms with van der Waals surface area (Å²) in [6, 6.07) is 6.09. The van der Waals surface area contributed by atoms with E-state index in [1.165, 1.54) is 19.1 Å². The van der Waals surface area contributed by atoms with Crippen molar-refractivity contribution in [3.05, 3.63) is 41.7 Å². The molecular weight excluding hydrogens is 247 g/mol. The molecule has 1 fully saturated rings. The minimum Gasteiger partial charge on any atom is -0.457 e. The topological polar surface area (TPSA) is 43.4 Å². The molecule has 1 aromatic rings. The van der Waals surface area contributed by atoms with Gasteiger partial charge in [-0.2, -0.15) is 0 Å². The zero-order valence-corrected chi connectivity index (χ0v) is 10.4. The number of carbonyl (C=O) groups excluding carboxylic acids is 2. The second-order valence-corrected chi connectivity index (χ2v) is 5.03. The highest BCUT2D eigenvalue weighted by molar-refractivity contribution is 5.93. The summed E-state index contributed by atoms with van der Waals surface area (Å²) in [4.78, 5) is 23.3. The quantitative estimate of drug-likeness (QED) is 0.767. The minimum absolute atomic E-state index is 0.0149. The van der Waals surface area contributed by atoms with Crippen LogP contribution >= 0.6 is 0 Å². The number of esters is 1. The molecule has 2 aliphatic heterocycles. The predicted octanol–water partition coefficient (Wildman–Crippen LogP) is 2.36. The van der Waals surface area contributed by atoms with Crippen LogP contribution in [-0.4, -0.2) is 17.9 Å². The maximum Gasteiger partial charge on any atom is 0.314 e. The summed E-state index contributed by atoms with van der Waals surface area (Å²) in [5.74, 6) is -1.40. The predicted molar refractivity (Wildman–Crippen MR) is 66.5 cm³/mol. The number of hydrogen-bond donors (Lipinski definition) is 0. The van der Waals surface area contributed by atoms with Crippen LogP contribution < -0.4 is 0 Å². The lowest BCUT2D eigenvalue weighted by atomic mass is 9.73. The van der Waals surface area contributed by atoms with E-state index in [1.54, 1.807) is 18.2 Å². The number of halogens is 1. The van der Waals surface area contributed by atoms with Gasteiger partial charge in [0.2, 0.25) is 0 Å². The second kappa shape index (κ2) is 4.30. The monoisotopic (exact) mass is 260 g/mol. The summed E-state index contributed by atoms with van der Waals surface area (Å²) in [5, 5.41) is 0. The van der Waals surface area contributed by atoms with Gasteiger partial charge in [-0.15, -0.1) is 0 Å². The Kier molecular flexibility index (Phi) is 2.73. The van der Waals surface area contributed by atoms with E-state index in [2.05, 4.69) is 0 Å². The van der Waals surface area contributed by atoms with Crippen molar-refractivity contribution in [3.63, 3.8) is 0 Å². The normalized spacial score (nSPS) is 28.8. The fourth-order valence-corrected chi connectivity index (χ4v) is 2.83. The second-order valence-electron chi connectivity index (χ2n) is 5.03. The van der Waals surface area contributed by atoms with Crippen LogP contribution in [0.2, 0.25) is 0 Å². The van der Waals surface area contributed by atoms with E-state index in [-0.39, 0.29) is 23.5 Å². The van der Waals surface area contributed by atoms with Gasteiger partial charge in [0.15, 0.2) is 0 Å². The summed E-state index contributed by atoms with van der Waals surface area (Å²) >= 11 is 0. The fraction of sp³-hybridized carbons (Fsp3) is 0.333. The third-order valence-electron chi connectivity index (χ3n) is 3.84. The largest absolute Gasteiger partial charge is 0.457 e. The van der Waals surface area contributed by atoms with Gasteiger partial charge >= 0.3 is 5.97 Å². The number of rotatable bonds is 2. The molecule has 2 heterocycles. The number of carbonyl (C=O) groups is 2. The molecule has 4 rings (SSSR count). The van der Waals surface area contributed by atoms with Gasteiger partial charge in [-0.05, 0) is 36.6 Å². The first-order chi connectivity index (χ1) is 9.06. The van der Waals surface area contributed by atoms with E-state index in [9.17, 15) is 14.0 Å². The van der Waals surface area contributed by atoms with E-state index in [1.807, 2.05) is 0 Å². The third-order valence-corrected chi connectivity index (χ3v) is 3.84. The van der Waals surface area contributed by atoms with Crippen LogP contribution in [0.15, 0.2) is 30.3 Å².